The van der Waals surface area contributed by atoms with Crippen LogP contribution in [0.5, 0.6) is 0 Å². The molecule has 0 saturated carbocycles. The number of benzene rings is 1. The van der Waals surface area contributed by atoms with Crippen LogP contribution in [-0.2, 0) is 34.6 Å². The van der Waals surface area contributed by atoms with Gasteiger partial charge in [-0.05, 0) is 50.3 Å². The minimum absolute atomic E-state index is 0.104. The average molecular weight is 587 g/mol. The van der Waals surface area contributed by atoms with E-state index in [0.717, 1.165) is 0 Å². The summed E-state index contributed by atoms with van der Waals surface area (Å²) in [6, 6.07) is 2.41. The summed E-state index contributed by atoms with van der Waals surface area (Å²) < 4.78 is 23.2. The molecule has 0 heterocycles. The molecule has 0 aliphatic heterocycles. The smallest absolute Gasteiger partial charge is 0.332 e. The summed E-state index contributed by atoms with van der Waals surface area (Å²) in [4.78, 5) is 50.2. The predicted octanol–water partition coefficient (Wildman–Crippen LogP) is 0.785. The maximum absolute atomic E-state index is 13.3. The molecule has 1 rings (SSSR count). The highest BCUT2D eigenvalue weighted by Gasteiger charge is 2.34. The number of carbonyl (C=O) groups is 4. The van der Waals surface area contributed by atoms with Crippen LogP contribution in [0.15, 0.2) is 24.3 Å². The predicted molar refractivity (Wildman–Crippen MR) is 150 cm³/mol. The summed E-state index contributed by atoms with van der Waals surface area (Å²) >= 11 is 0. The van der Waals surface area contributed by atoms with Crippen molar-refractivity contribution < 1.29 is 37.9 Å². The van der Waals surface area contributed by atoms with Crippen LogP contribution >= 0.6 is 7.60 Å². The van der Waals surface area contributed by atoms with Crippen molar-refractivity contribution in [1.29, 1.82) is 0 Å². The zero-order chi connectivity index (χ0) is 30.3. The Morgan fingerprint density at radius 2 is 1.57 bits per heavy atom. The van der Waals surface area contributed by atoms with Gasteiger partial charge in [0.05, 0.1) is 32.0 Å². The van der Waals surface area contributed by atoms with Crippen molar-refractivity contribution in [2.24, 2.45) is 17.4 Å². The first-order valence-corrected chi connectivity index (χ1v) is 14.9. The number of anilines is 1. The third-order valence-corrected chi connectivity index (χ3v) is 7.81. The molecule has 0 radical (unpaired) electrons. The third kappa shape index (κ3) is 12.4. The van der Waals surface area contributed by atoms with E-state index in [1.165, 1.54) is 0 Å². The second-order valence-corrected chi connectivity index (χ2v) is 11.4. The number of rotatable bonds is 18. The molecule has 15 heteroatoms. The van der Waals surface area contributed by atoms with Gasteiger partial charge >= 0.3 is 13.6 Å². The van der Waals surface area contributed by atoms with Crippen LogP contribution in [0.1, 0.15) is 46.1 Å². The molecule has 9 N–H and O–H groups in total. The van der Waals surface area contributed by atoms with Crippen LogP contribution in [0.4, 0.5) is 10.5 Å². The van der Waals surface area contributed by atoms with Crippen molar-refractivity contribution in [2.45, 2.75) is 65.3 Å². The van der Waals surface area contributed by atoms with Crippen molar-refractivity contribution in [3.05, 3.63) is 29.8 Å². The van der Waals surface area contributed by atoms with E-state index >= 15 is 0 Å². The zero-order valence-electron chi connectivity index (χ0n) is 23.5. The lowest BCUT2D eigenvalue weighted by atomic mass is 10.0. The molecule has 0 aliphatic rings. The molecule has 3 atom stereocenters. The molecule has 5 amide bonds. The van der Waals surface area contributed by atoms with E-state index < -0.39 is 55.4 Å². The number of nitrogens with two attached hydrogens (primary N) is 2. The van der Waals surface area contributed by atoms with Gasteiger partial charge in [0.15, 0.2) is 0 Å². The minimum Gasteiger partial charge on any atom is -0.392 e. The number of aliphatic hydroxyl groups excluding tert-OH is 1. The van der Waals surface area contributed by atoms with E-state index in [1.807, 2.05) is 0 Å². The first-order valence-electron chi connectivity index (χ1n) is 13.1. The van der Waals surface area contributed by atoms with Crippen LogP contribution in [0.2, 0.25) is 0 Å². The fourth-order valence-corrected chi connectivity index (χ4v) is 5.35. The molecule has 14 nitrogen and oxygen atoms in total. The van der Waals surface area contributed by atoms with Crippen molar-refractivity contribution in [1.82, 2.24) is 16.0 Å². The monoisotopic (exact) mass is 586 g/mol. The quantitative estimate of drug-likeness (QED) is 0.0952. The van der Waals surface area contributed by atoms with Gasteiger partial charge in [-0.3, -0.25) is 18.9 Å². The molecule has 40 heavy (non-hydrogen) atoms. The molecule has 0 aliphatic carbocycles. The van der Waals surface area contributed by atoms with E-state index in [9.17, 15) is 28.8 Å². The molecule has 0 aromatic heterocycles. The molecule has 226 valence electrons. The Balaban J connectivity index is 2.99. The highest BCUT2D eigenvalue weighted by molar-refractivity contribution is 7.54. The largest absolute Gasteiger partial charge is 0.392 e. The van der Waals surface area contributed by atoms with Gasteiger partial charge in [-0.1, -0.05) is 26.0 Å². The lowest BCUT2D eigenvalue weighted by Crippen LogP contribution is -2.57. The van der Waals surface area contributed by atoms with E-state index in [1.54, 1.807) is 52.0 Å². The van der Waals surface area contributed by atoms with E-state index in [2.05, 4.69) is 21.3 Å². The van der Waals surface area contributed by atoms with Crippen molar-refractivity contribution >= 4 is 37.0 Å². The number of primary amides is 1. The second kappa shape index (κ2) is 17.6. The summed E-state index contributed by atoms with van der Waals surface area (Å²) in [6.07, 6.45) is 0.0924. The second-order valence-electron chi connectivity index (χ2n) is 9.30. The summed E-state index contributed by atoms with van der Waals surface area (Å²) in [5, 5.41) is 19.6. The fourth-order valence-electron chi connectivity index (χ4n) is 3.63. The molecule has 0 unspecified atom stereocenters. The van der Waals surface area contributed by atoms with Crippen molar-refractivity contribution in [2.75, 3.05) is 31.2 Å². The van der Waals surface area contributed by atoms with Crippen LogP contribution in [0.25, 0.3) is 0 Å². The first-order chi connectivity index (χ1) is 18.8. The number of carbonyl (C=O) groups excluding carboxylic acids is 4. The van der Waals surface area contributed by atoms with Gasteiger partial charge < -0.3 is 46.9 Å². The zero-order valence-corrected chi connectivity index (χ0v) is 24.4. The van der Waals surface area contributed by atoms with Gasteiger partial charge in [0.25, 0.3) is 0 Å². The van der Waals surface area contributed by atoms with E-state index in [0.29, 0.717) is 17.7 Å². The number of nitrogens with one attached hydrogen (secondary N) is 4. The Morgan fingerprint density at radius 1 is 0.975 bits per heavy atom. The van der Waals surface area contributed by atoms with Crippen LogP contribution in [0, 0.1) is 5.92 Å². The Hall–Kier alpha value is -3.03. The summed E-state index contributed by atoms with van der Waals surface area (Å²) in [5.41, 5.74) is 12.2. The first kappa shape index (κ1) is 35.0. The van der Waals surface area contributed by atoms with Gasteiger partial charge in [0, 0.05) is 12.2 Å². The van der Waals surface area contributed by atoms with E-state index in [-0.39, 0.29) is 38.9 Å². The standard InChI is InChI=1S/C25H43N6O8P/c1-5-38-40(37,39-6-2)15-19(26)22(33)31-21(16(3)4)24(35)30-20(8-7-13-28-25(27)36)23(34)29-18-11-9-17(14-32)10-12-18/h9-12,16,19-21,32H,5-8,13-15,26H2,1-4H3,(H,29,34)(H,30,35)(H,31,33)(H3,27,28,36)/t19-,20-,21-/m0/s1. The Bertz CT molecular complexity index is 1010. The van der Waals surface area contributed by atoms with Gasteiger partial charge in [0.1, 0.15) is 12.1 Å². The normalized spacial score (nSPS) is 13.7. The summed E-state index contributed by atoms with van der Waals surface area (Å²) in [5.74, 6) is -2.28. The topological polar surface area (TPSA) is 224 Å². The SMILES string of the molecule is CCOP(=O)(C[C@H](N)C(=O)N[C@H](C(=O)N[C@@H](CCCNC(N)=O)C(=O)Nc1ccc(CO)cc1)C(C)C)OCC. The lowest BCUT2D eigenvalue weighted by molar-refractivity contribution is -0.132. The van der Waals surface area contributed by atoms with Crippen molar-refractivity contribution in [3.63, 3.8) is 0 Å². The number of amides is 5. The van der Waals surface area contributed by atoms with Crippen LogP contribution < -0.4 is 32.7 Å². The Morgan fingerprint density at radius 3 is 2.08 bits per heavy atom. The number of urea groups is 1. The molecule has 0 saturated heterocycles. The fraction of sp³-hybridized carbons (Fsp3) is 0.600. The average Bonchev–Trinajstić information content (AvgIpc) is 2.88. The van der Waals surface area contributed by atoms with Crippen molar-refractivity contribution in [3.8, 4) is 0 Å². The molecular weight excluding hydrogens is 543 g/mol. The Labute approximate surface area is 234 Å². The number of hydrogen-bond acceptors (Lipinski definition) is 9. The molecule has 0 fully saturated rings. The highest BCUT2D eigenvalue weighted by atomic mass is 31.2. The number of aliphatic hydroxyl groups is 1. The number of hydrogen-bond donors (Lipinski definition) is 7. The molecule has 1 aromatic carbocycles. The van der Waals surface area contributed by atoms with Gasteiger partial charge in [0.2, 0.25) is 17.7 Å². The van der Waals surface area contributed by atoms with E-state index in [4.69, 9.17) is 20.5 Å². The maximum Gasteiger partial charge on any atom is 0.332 e. The molecule has 0 bridgehead atoms. The molecule has 0 spiro atoms. The van der Waals surface area contributed by atoms with Gasteiger partial charge in [-0.2, -0.15) is 0 Å². The summed E-state index contributed by atoms with van der Waals surface area (Å²) in [6.45, 7) is 6.92. The minimum atomic E-state index is -3.61. The highest BCUT2D eigenvalue weighted by Crippen LogP contribution is 2.48. The molecule has 1 aromatic rings. The summed E-state index contributed by atoms with van der Waals surface area (Å²) in [7, 11) is -3.61. The van der Waals surface area contributed by atoms with Gasteiger partial charge in [-0.15, -0.1) is 0 Å². The lowest BCUT2D eigenvalue weighted by Gasteiger charge is -2.27. The van der Waals surface area contributed by atoms with Gasteiger partial charge in [-0.25, -0.2) is 4.79 Å². The van der Waals surface area contributed by atoms with Crippen LogP contribution in [-0.4, -0.2) is 72.9 Å². The Kier molecular flexibility index (Phi) is 15.4. The maximum atomic E-state index is 13.3. The third-order valence-electron chi connectivity index (χ3n) is 5.66. The molecular formula is C25H43N6O8P. The van der Waals surface area contributed by atoms with Crippen LogP contribution in [0.3, 0.4) is 0 Å².